The summed E-state index contributed by atoms with van der Waals surface area (Å²) >= 11 is 0. The molecule has 0 aromatic carbocycles. The highest BCUT2D eigenvalue weighted by Crippen LogP contribution is 2.26. The van der Waals surface area contributed by atoms with E-state index in [1.165, 1.54) is 25.7 Å². The Morgan fingerprint density at radius 2 is 1.76 bits per heavy atom. The van der Waals surface area contributed by atoms with E-state index in [9.17, 15) is 4.79 Å². The van der Waals surface area contributed by atoms with Crippen molar-refractivity contribution in [2.45, 2.75) is 57.9 Å². The first kappa shape index (κ1) is 12.9. The minimum absolute atomic E-state index is 0.285. The monoisotopic (exact) mass is 238 g/mol. The van der Waals surface area contributed by atoms with Crippen LogP contribution in [0.15, 0.2) is 0 Å². The minimum atomic E-state index is 0.285. The number of hydrogen-bond acceptors (Lipinski definition) is 2. The van der Waals surface area contributed by atoms with Crippen molar-refractivity contribution in [3.8, 4) is 0 Å². The lowest BCUT2D eigenvalue weighted by Gasteiger charge is -2.36. The standard InChI is InChI=1S/C14H26N2O/c1-11-10-16(9-8-13(11)15)14(17)12-6-4-2-3-5-7-12/h11-13H,2-10,15H2,1H3. The van der Waals surface area contributed by atoms with Crippen LogP contribution in [-0.2, 0) is 4.79 Å². The second-order valence-corrected chi connectivity index (χ2v) is 5.90. The van der Waals surface area contributed by atoms with Crippen molar-refractivity contribution in [1.82, 2.24) is 4.90 Å². The molecule has 2 atom stereocenters. The van der Waals surface area contributed by atoms with Gasteiger partial charge < -0.3 is 10.6 Å². The molecule has 2 fully saturated rings. The number of hydrogen-bond donors (Lipinski definition) is 1. The predicted molar refractivity (Wildman–Crippen MR) is 69.5 cm³/mol. The van der Waals surface area contributed by atoms with Crippen LogP contribution in [0.5, 0.6) is 0 Å². The summed E-state index contributed by atoms with van der Waals surface area (Å²) in [5, 5.41) is 0. The number of likely N-dealkylation sites (tertiary alicyclic amines) is 1. The Morgan fingerprint density at radius 1 is 1.12 bits per heavy atom. The molecule has 2 aliphatic rings. The first-order valence-corrected chi connectivity index (χ1v) is 7.23. The van der Waals surface area contributed by atoms with Gasteiger partial charge in [-0.1, -0.05) is 32.6 Å². The van der Waals surface area contributed by atoms with Crippen LogP contribution >= 0.6 is 0 Å². The zero-order valence-corrected chi connectivity index (χ0v) is 11.0. The van der Waals surface area contributed by atoms with Crippen molar-refractivity contribution in [2.24, 2.45) is 17.6 Å². The first-order chi connectivity index (χ1) is 8.18. The van der Waals surface area contributed by atoms with Crippen LogP contribution in [0.1, 0.15) is 51.9 Å². The van der Waals surface area contributed by atoms with E-state index >= 15 is 0 Å². The maximum absolute atomic E-state index is 12.4. The number of carbonyl (C=O) groups is 1. The van der Waals surface area contributed by atoms with Gasteiger partial charge in [0, 0.05) is 25.0 Å². The van der Waals surface area contributed by atoms with Crippen LogP contribution in [0, 0.1) is 11.8 Å². The lowest BCUT2D eigenvalue weighted by molar-refractivity contribution is -0.137. The molecule has 17 heavy (non-hydrogen) atoms. The van der Waals surface area contributed by atoms with Gasteiger partial charge in [0.2, 0.25) is 5.91 Å². The van der Waals surface area contributed by atoms with Crippen LogP contribution in [0.2, 0.25) is 0 Å². The number of piperidine rings is 1. The quantitative estimate of drug-likeness (QED) is 0.712. The van der Waals surface area contributed by atoms with Crippen molar-refractivity contribution in [3.05, 3.63) is 0 Å². The molecular formula is C14H26N2O. The summed E-state index contributed by atoms with van der Waals surface area (Å²) in [4.78, 5) is 14.5. The lowest BCUT2D eigenvalue weighted by Crippen LogP contribution is -2.49. The molecule has 0 bridgehead atoms. The van der Waals surface area contributed by atoms with Crippen molar-refractivity contribution in [3.63, 3.8) is 0 Å². The summed E-state index contributed by atoms with van der Waals surface area (Å²) in [6, 6.07) is 0.285. The van der Waals surface area contributed by atoms with E-state index in [1.807, 2.05) is 0 Å². The second kappa shape index (κ2) is 5.85. The van der Waals surface area contributed by atoms with Gasteiger partial charge in [0.05, 0.1) is 0 Å². The van der Waals surface area contributed by atoms with E-state index in [0.717, 1.165) is 32.4 Å². The zero-order valence-electron chi connectivity index (χ0n) is 11.0. The van der Waals surface area contributed by atoms with Crippen LogP contribution in [0.4, 0.5) is 0 Å². The SMILES string of the molecule is CC1CN(C(=O)C2CCCCCC2)CCC1N. The molecule has 1 saturated heterocycles. The fourth-order valence-electron chi connectivity index (χ4n) is 3.15. The molecule has 2 N–H and O–H groups in total. The summed E-state index contributed by atoms with van der Waals surface area (Å²) in [5.74, 6) is 1.17. The van der Waals surface area contributed by atoms with E-state index in [2.05, 4.69) is 11.8 Å². The van der Waals surface area contributed by atoms with E-state index in [1.54, 1.807) is 0 Å². The maximum Gasteiger partial charge on any atom is 0.225 e. The molecule has 3 nitrogen and oxygen atoms in total. The maximum atomic E-state index is 12.4. The largest absolute Gasteiger partial charge is 0.342 e. The number of nitrogens with zero attached hydrogens (tertiary/aromatic N) is 1. The molecule has 0 aromatic rings. The van der Waals surface area contributed by atoms with Gasteiger partial charge in [0.25, 0.3) is 0 Å². The number of rotatable bonds is 1. The van der Waals surface area contributed by atoms with Gasteiger partial charge in [0.15, 0.2) is 0 Å². The molecule has 1 amide bonds. The molecule has 1 heterocycles. The lowest BCUT2D eigenvalue weighted by atomic mass is 9.92. The van der Waals surface area contributed by atoms with Crippen LogP contribution in [0.25, 0.3) is 0 Å². The summed E-state index contributed by atoms with van der Waals surface area (Å²) in [6.45, 7) is 3.91. The number of amides is 1. The van der Waals surface area contributed by atoms with E-state index < -0.39 is 0 Å². The highest BCUT2D eigenvalue weighted by atomic mass is 16.2. The first-order valence-electron chi connectivity index (χ1n) is 7.23. The molecule has 98 valence electrons. The van der Waals surface area contributed by atoms with Gasteiger partial charge >= 0.3 is 0 Å². The van der Waals surface area contributed by atoms with Gasteiger partial charge in [-0.2, -0.15) is 0 Å². The second-order valence-electron chi connectivity index (χ2n) is 5.90. The molecule has 1 aliphatic heterocycles. The van der Waals surface area contributed by atoms with E-state index in [4.69, 9.17) is 5.73 Å². The van der Waals surface area contributed by atoms with Crippen molar-refractivity contribution in [2.75, 3.05) is 13.1 Å². The zero-order chi connectivity index (χ0) is 12.3. The fraction of sp³-hybridized carbons (Fsp3) is 0.929. The van der Waals surface area contributed by atoms with Gasteiger partial charge in [0.1, 0.15) is 0 Å². The van der Waals surface area contributed by atoms with Gasteiger partial charge in [-0.15, -0.1) is 0 Å². The Kier molecular flexibility index (Phi) is 4.43. The average Bonchev–Trinajstić information content (AvgIpc) is 2.60. The number of carbonyl (C=O) groups excluding carboxylic acids is 1. The third-order valence-corrected chi connectivity index (χ3v) is 4.49. The minimum Gasteiger partial charge on any atom is -0.342 e. The molecule has 2 rings (SSSR count). The molecule has 2 unspecified atom stereocenters. The van der Waals surface area contributed by atoms with Crippen LogP contribution in [-0.4, -0.2) is 29.9 Å². The average molecular weight is 238 g/mol. The van der Waals surface area contributed by atoms with Gasteiger partial charge in [-0.3, -0.25) is 4.79 Å². The molecule has 0 spiro atoms. The van der Waals surface area contributed by atoms with Crippen LogP contribution in [0.3, 0.4) is 0 Å². The van der Waals surface area contributed by atoms with Crippen molar-refractivity contribution in [1.29, 1.82) is 0 Å². The Balaban J connectivity index is 1.90. The Morgan fingerprint density at radius 3 is 2.35 bits per heavy atom. The van der Waals surface area contributed by atoms with E-state index in [-0.39, 0.29) is 6.04 Å². The summed E-state index contributed by atoms with van der Waals surface area (Å²) in [7, 11) is 0. The molecule has 0 aromatic heterocycles. The van der Waals surface area contributed by atoms with E-state index in [0.29, 0.717) is 17.7 Å². The normalized spacial score (nSPS) is 32.2. The summed E-state index contributed by atoms with van der Waals surface area (Å²) < 4.78 is 0. The Bertz CT molecular complexity index is 259. The van der Waals surface area contributed by atoms with Gasteiger partial charge in [-0.05, 0) is 25.2 Å². The highest BCUT2D eigenvalue weighted by Gasteiger charge is 2.30. The third kappa shape index (κ3) is 3.21. The van der Waals surface area contributed by atoms with Crippen LogP contribution < -0.4 is 5.73 Å². The third-order valence-electron chi connectivity index (χ3n) is 4.49. The summed E-state index contributed by atoms with van der Waals surface area (Å²) in [5.41, 5.74) is 6.01. The smallest absolute Gasteiger partial charge is 0.225 e. The molecule has 1 saturated carbocycles. The molecule has 0 radical (unpaired) electrons. The predicted octanol–water partition coefficient (Wildman–Crippen LogP) is 2.15. The Hall–Kier alpha value is -0.570. The van der Waals surface area contributed by atoms with Crippen molar-refractivity contribution < 1.29 is 4.79 Å². The molecule has 3 heteroatoms. The fourth-order valence-corrected chi connectivity index (χ4v) is 3.15. The summed E-state index contributed by atoms with van der Waals surface area (Å²) in [6.07, 6.45) is 8.28. The van der Waals surface area contributed by atoms with Crippen molar-refractivity contribution >= 4 is 5.91 Å². The molecule has 1 aliphatic carbocycles. The molecular weight excluding hydrogens is 212 g/mol. The Labute approximate surface area is 105 Å². The highest BCUT2D eigenvalue weighted by molar-refractivity contribution is 5.79. The van der Waals surface area contributed by atoms with Gasteiger partial charge in [-0.25, -0.2) is 0 Å². The topological polar surface area (TPSA) is 46.3 Å². The number of nitrogens with two attached hydrogens (primary N) is 1.